The Labute approximate surface area is 832 Å². The number of nitrogens with zero attached hydrogens (tertiary/aromatic N) is 37. The summed E-state index contributed by atoms with van der Waals surface area (Å²) in [6.07, 6.45) is 28.4. The number of nitrogen functional groups attached to an aromatic ring is 4. The van der Waals surface area contributed by atoms with Crippen LogP contribution >= 0.6 is 0 Å². The second-order valence-electron chi connectivity index (χ2n) is 35.7. The number of benzene rings is 2. The third kappa shape index (κ3) is 23.8. The van der Waals surface area contributed by atoms with E-state index >= 15 is 0 Å². The molecule has 24 rings (SSSR count). The van der Waals surface area contributed by atoms with E-state index in [0.717, 1.165) is 266 Å². The van der Waals surface area contributed by atoms with Gasteiger partial charge in [-0.25, -0.2) is 112 Å². The van der Waals surface area contributed by atoms with Crippen LogP contribution in [0, 0.1) is 0 Å². The van der Waals surface area contributed by atoms with Crippen LogP contribution in [0.2, 0.25) is 0 Å². The van der Waals surface area contributed by atoms with Crippen LogP contribution < -0.4 is 47.4 Å². The summed E-state index contributed by atoms with van der Waals surface area (Å²) in [4.78, 5) is 98.8. The molecule has 15 aromatic heterocycles. The number of hydrogen-bond acceptors (Lipinski definition) is 44. The van der Waals surface area contributed by atoms with Gasteiger partial charge in [0.1, 0.15) is 6.61 Å². The van der Waals surface area contributed by atoms with Gasteiger partial charge in [-0.3, -0.25) is 19.8 Å². The predicted octanol–water partition coefficient (Wildman–Crippen LogP) is 5.24. The number of fused-ring (bicyclic) bond motifs is 6. The number of H-pyrrole nitrogens is 1. The zero-order valence-corrected chi connectivity index (χ0v) is 81.4. The highest BCUT2D eigenvalue weighted by Crippen LogP contribution is 2.35. The lowest BCUT2D eigenvalue weighted by atomic mass is 10.1. The fourth-order valence-electron chi connectivity index (χ4n) is 17.4. The summed E-state index contributed by atoms with van der Waals surface area (Å²) in [6.45, 7) is 28.3. The highest BCUT2D eigenvalue weighted by atomic mass is 16.5. The number of ether oxygens (including phenoxy) is 8. The molecule has 0 radical (unpaired) electrons. The van der Waals surface area contributed by atoms with Crippen molar-refractivity contribution in [3.8, 4) is 56.3 Å². The average molecular weight is 1970 g/mol. The quantitative estimate of drug-likeness (QED) is 0.0516. The molecule has 0 atom stereocenters. The van der Waals surface area contributed by atoms with Crippen LogP contribution in [-0.2, 0) is 70.7 Å². The average Bonchev–Trinajstić information content (AvgIpc) is 1.67. The number of rotatable bonds is 24. The molecular weight excluding hydrogens is 1860 g/mol. The minimum absolute atomic E-state index is 0.227. The first-order valence-electron chi connectivity index (χ1n) is 48.6. The van der Waals surface area contributed by atoms with Gasteiger partial charge in [-0.1, -0.05) is 62.7 Å². The van der Waals surface area contributed by atoms with Crippen molar-refractivity contribution in [2.45, 2.75) is 71.9 Å². The minimum atomic E-state index is 0.227. The first kappa shape index (κ1) is 97.2. The molecule has 7 aliphatic rings. The molecule has 7 saturated heterocycles. The van der Waals surface area contributed by atoms with Gasteiger partial charge in [-0.05, 0) is 44.6 Å². The molecule has 22 heterocycles. The highest BCUT2D eigenvalue weighted by Gasteiger charge is 2.30. The van der Waals surface area contributed by atoms with E-state index in [1.165, 1.54) is 19.3 Å². The van der Waals surface area contributed by atoms with E-state index in [1.807, 2.05) is 95.7 Å². The lowest BCUT2D eigenvalue weighted by Crippen LogP contribution is -2.37. The summed E-state index contributed by atoms with van der Waals surface area (Å²) < 4.78 is 53.0. The van der Waals surface area contributed by atoms with E-state index in [2.05, 4.69) is 119 Å². The van der Waals surface area contributed by atoms with Gasteiger partial charge in [0.15, 0.2) is 86.4 Å². The molecule has 2 aromatic carbocycles. The second-order valence-corrected chi connectivity index (χ2v) is 35.7. The lowest BCUT2D eigenvalue weighted by molar-refractivity contribution is 0.0331. The normalized spacial score (nSPS) is 16.2. The van der Waals surface area contributed by atoms with Crippen molar-refractivity contribution < 1.29 is 37.9 Å². The van der Waals surface area contributed by atoms with Gasteiger partial charge in [-0.2, -0.15) is 10.2 Å². The summed E-state index contributed by atoms with van der Waals surface area (Å²) in [6, 6.07) is 16.1. The topological polar surface area (TPSA) is 551 Å². The number of hydrogen-bond donors (Lipinski definition) is 5. The fraction of sp³-hybridized carbons (Fsp3) is 0.432. The van der Waals surface area contributed by atoms with Gasteiger partial charge < -0.3 is 85.3 Å². The van der Waals surface area contributed by atoms with E-state index in [9.17, 15) is 0 Å². The molecule has 17 aromatic rings. The van der Waals surface area contributed by atoms with E-state index < -0.39 is 0 Å². The Bertz CT molecular complexity index is 6970. The third-order valence-electron chi connectivity index (χ3n) is 25.1. The molecule has 7 fully saturated rings. The molecule has 754 valence electrons. The van der Waals surface area contributed by atoms with Crippen LogP contribution in [-0.4, -0.2) is 361 Å². The molecule has 0 aliphatic carbocycles. The van der Waals surface area contributed by atoms with Gasteiger partial charge in [0, 0.05) is 181 Å². The molecule has 50 nitrogen and oxygen atoms in total. The standard InChI is InChI=1S/C24H23N7O2.C19H25N9O.C18H23N9O2.C18H25N9O2.C16H20N8O/c1-2-5-17(6-3-1)15-33-16-22-27-24-23(30-9-11-32-12-10-30)26-21(14-31(24)29-22)18-7-4-8-20-19(18)13-25-28-20;20-19-21-10-14(11-22-19)15-12-28-18(17(23-15)27-6-8-29-9-7-27)24-16(25-28)13-26-4-2-1-3-5-26;19-18-20-9-13(10-21-18)14-11-27-17(16(22-14)26-3-7-29-8-4-26)23-15(24-27)12-25-1-5-28-6-2-25;1-25(3-6-28-2)12-15-23-17-16(26-4-7-29-8-5-26)22-14(11-27(17)24-15)13-9-20-18(19)21-10-13;1-10(2)13-21-15-14(23-3-5-25-6-4-23)20-12(9-24(15)22-13)11-7-18-16(17)19-8-11/h1-8,13-14H,9-12,15-16H2,(H,25,28);10-12H,1-9,13H2,(H2,20,21,22);9-11H,1-8,12H2,(H2,19,20,21);9-11H,3-8,12H2,1-2H3,(H2,19,20,21);7-10H,3-6H2,1-2H3,(H2,17,18,19). The molecule has 7 aliphatic heterocycles. The first-order chi connectivity index (χ1) is 71.1. The van der Waals surface area contributed by atoms with Crippen LogP contribution in [0.1, 0.15) is 73.7 Å². The van der Waals surface area contributed by atoms with Gasteiger partial charge in [0.05, 0.1) is 183 Å². The molecule has 0 saturated carbocycles. The molecule has 9 N–H and O–H groups in total. The van der Waals surface area contributed by atoms with E-state index in [0.29, 0.717) is 110 Å². The maximum Gasteiger partial charge on any atom is 0.219 e. The maximum absolute atomic E-state index is 5.88. The van der Waals surface area contributed by atoms with Crippen LogP contribution in [0.3, 0.4) is 0 Å². The van der Waals surface area contributed by atoms with E-state index in [1.54, 1.807) is 70.2 Å². The number of anilines is 9. The van der Waals surface area contributed by atoms with Crippen molar-refractivity contribution in [3.63, 3.8) is 0 Å². The van der Waals surface area contributed by atoms with Gasteiger partial charge >= 0.3 is 0 Å². The number of likely N-dealkylation sites (tertiary alicyclic amines) is 1. The van der Waals surface area contributed by atoms with E-state index in [-0.39, 0.29) is 29.7 Å². The number of piperidine rings is 1. The number of aromatic amines is 1. The summed E-state index contributed by atoms with van der Waals surface area (Å²) in [5, 5.41) is 31.7. The summed E-state index contributed by atoms with van der Waals surface area (Å²) in [7, 11) is 3.71. The lowest BCUT2D eigenvalue weighted by Gasteiger charge is -2.28. The number of nitrogens with two attached hydrogens (primary N) is 4. The van der Waals surface area contributed by atoms with Gasteiger partial charge in [0.25, 0.3) is 0 Å². The van der Waals surface area contributed by atoms with E-state index in [4.69, 9.17) is 126 Å². The van der Waals surface area contributed by atoms with Gasteiger partial charge in [0.2, 0.25) is 23.8 Å². The SMILES string of the molecule is CC(C)c1nc2c(N3CCOCC3)nc(-c3cnc(N)nc3)cn2n1.COCCN(C)Cc1nc2c(N3CCOCC3)nc(-c3cnc(N)nc3)cn2n1.Nc1ncc(-c2cn3nc(CN4CCCCC4)nc3c(N3CCOCC3)n2)cn1.Nc1ncc(-c2cn3nc(CN4CCOCC4)nc3c(N3CCOCC3)n2)cn1.c1ccc(COCc2nc3c(N4CCOCC4)nc(-c4cccc5[nH]ncc45)cn3n2)cc1. The van der Waals surface area contributed by atoms with Crippen LogP contribution in [0.4, 0.5) is 52.9 Å². The zero-order chi connectivity index (χ0) is 98.9. The number of nitrogens with one attached hydrogen (secondary N) is 1. The summed E-state index contributed by atoms with van der Waals surface area (Å²) in [5.41, 5.74) is 36.1. The number of morpholine rings is 6. The predicted molar refractivity (Wildman–Crippen MR) is 538 cm³/mol. The molecule has 0 amide bonds. The molecular formula is C95H116N42O8. The molecule has 0 unspecified atom stereocenters. The monoisotopic (exact) mass is 1970 g/mol. The van der Waals surface area contributed by atoms with Crippen molar-refractivity contribution in [1.29, 1.82) is 0 Å². The Morgan fingerprint density at radius 1 is 0.366 bits per heavy atom. The van der Waals surface area contributed by atoms with Crippen LogP contribution in [0.15, 0.2) is 135 Å². The van der Waals surface area contributed by atoms with Crippen molar-refractivity contribution in [1.82, 2.24) is 163 Å². The first-order valence-corrected chi connectivity index (χ1v) is 48.6. The Morgan fingerprint density at radius 2 is 0.717 bits per heavy atom. The largest absolute Gasteiger partial charge is 0.383 e. The third-order valence-corrected chi connectivity index (χ3v) is 25.1. The van der Waals surface area contributed by atoms with Crippen molar-refractivity contribution in [3.05, 3.63) is 170 Å². The van der Waals surface area contributed by atoms with Crippen molar-refractivity contribution >= 4 is 92.0 Å². The highest BCUT2D eigenvalue weighted by molar-refractivity contribution is 5.94. The number of likely N-dealkylation sites (N-methyl/N-ethyl adjacent to an activating group) is 1. The Morgan fingerprint density at radius 3 is 1.12 bits per heavy atom. The smallest absolute Gasteiger partial charge is 0.219 e. The Balaban J connectivity index is 0.000000111. The van der Waals surface area contributed by atoms with Crippen LogP contribution in [0.5, 0.6) is 0 Å². The zero-order valence-electron chi connectivity index (χ0n) is 81.4. The number of aromatic nitrogens is 30. The Kier molecular flexibility index (Phi) is 30.8. The maximum atomic E-state index is 5.88. The minimum Gasteiger partial charge on any atom is -0.383 e. The number of methoxy groups -OCH3 is 1. The second kappa shape index (κ2) is 46.0. The van der Waals surface area contributed by atoms with Crippen molar-refractivity contribution in [2.75, 3.05) is 246 Å². The van der Waals surface area contributed by atoms with Crippen LogP contribution in [0.25, 0.3) is 95.4 Å². The fourth-order valence-corrected chi connectivity index (χ4v) is 17.4. The van der Waals surface area contributed by atoms with Gasteiger partial charge in [-0.15, -0.1) is 20.4 Å². The molecule has 145 heavy (non-hydrogen) atoms. The Hall–Kier alpha value is -15.3. The molecule has 50 heteroatoms. The summed E-state index contributed by atoms with van der Waals surface area (Å²) in [5.74, 6) is 8.92. The molecule has 0 bridgehead atoms. The molecule has 0 spiro atoms. The van der Waals surface area contributed by atoms with Crippen molar-refractivity contribution in [2.24, 2.45) is 0 Å². The summed E-state index contributed by atoms with van der Waals surface area (Å²) >= 11 is 0.